The lowest BCUT2D eigenvalue weighted by Gasteiger charge is -1.96. The maximum atomic E-state index is 9.98. The summed E-state index contributed by atoms with van der Waals surface area (Å²) >= 11 is 2.18. The summed E-state index contributed by atoms with van der Waals surface area (Å²) in [5, 5.41) is 13.3. The smallest absolute Gasteiger partial charge is 0.404 e. The minimum absolute atomic E-state index is 0.471. The van der Waals surface area contributed by atoms with Crippen LogP contribution in [0.1, 0.15) is 0 Å². The topological polar surface area (TPSA) is 49.3 Å². The van der Waals surface area contributed by atoms with Crippen molar-refractivity contribution in [2.75, 3.05) is 16.7 Å². The van der Waals surface area contributed by atoms with Crippen LogP contribution in [0.25, 0.3) is 0 Å². The predicted molar refractivity (Wildman–Crippen MR) is 62.7 cm³/mol. The molecule has 0 aliphatic heterocycles. The molecule has 0 spiro atoms. The Morgan fingerprint density at radius 1 is 1.67 bits per heavy atom. The van der Waals surface area contributed by atoms with Crippen LogP contribution < -0.4 is 5.32 Å². The average Bonchev–Trinajstić information content (AvgIpc) is 2.02. The summed E-state index contributed by atoms with van der Waals surface area (Å²) in [6.45, 7) is 0.471. The zero-order valence-corrected chi connectivity index (χ0v) is 9.96. The number of nitrogens with one attached hydrogen (secondary N) is 1. The Kier molecular flexibility index (Phi) is 9.55. The van der Waals surface area contributed by atoms with Crippen LogP contribution in [0.2, 0.25) is 0 Å². The molecule has 0 aromatic carbocycles. The molecule has 0 aliphatic carbocycles. The van der Waals surface area contributed by atoms with Gasteiger partial charge in [0.15, 0.2) is 0 Å². The summed E-state index contributed by atoms with van der Waals surface area (Å²) in [7, 11) is 3.00. The van der Waals surface area contributed by atoms with E-state index in [0.29, 0.717) is 6.54 Å². The molecule has 0 aromatic heterocycles. The SMILES string of the molecule is O=C(O)NCCSSC#CCI. The fraction of sp³-hybridized carbons (Fsp3) is 0.500. The van der Waals surface area contributed by atoms with E-state index in [1.807, 2.05) is 0 Å². The number of hydrogen-bond donors (Lipinski definition) is 2. The Labute approximate surface area is 93.0 Å². The average molecular weight is 317 g/mol. The van der Waals surface area contributed by atoms with Crippen LogP contribution in [0.3, 0.4) is 0 Å². The molecule has 0 atom stereocenters. The number of rotatable bonds is 4. The number of amides is 1. The maximum absolute atomic E-state index is 9.98. The minimum Gasteiger partial charge on any atom is -0.465 e. The van der Waals surface area contributed by atoms with Gasteiger partial charge in [-0.15, -0.1) is 0 Å². The highest BCUT2D eigenvalue weighted by atomic mass is 127. The van der Waals surface area contributed by atoms with Gasteiger partial charge in [-0.05, 0) is 16.0 Å². The normalized spacial score (nSPS) is 8.42. The summed E-state index contributed by atoms with van der Waals surface area (Å²) < 4.78 is 0.832. The van der Waals surface area contributed by atoms with Gasteiger partial charge < -0.3 is 10.4 Å². The summed E-state index contributed by atoms with van der Waals surface area (Å²) in [5.41, 5.74) is 0. The van der Waals surface area contributed by atoms with Crippen molar-refractivity contribution in [3.8, 4) is 11.2 Å². The summed E-state index contributed by atoms with van der Waals surface area (Å²) in [5.74, 6) is 3.63. The Morgan fingerprint density at radius 2 is 2.42 bits per heavy atom. The zero-order chi connectivity index (χ0) is 9.23. The third-order valence-electron chi connectivity index (χ3n) is 0.701. The van der Waals surface area contributed by atoms with E-state index >= 15 is 0 Å². The standard InChI is InChI=1S/C6H8INO2S2/c7-2-1-4-11-12-5-3-8-6(9)10/h8H,2-3,5H2,(H,9,10). The first-order valence-corrected chi connectivity index (χ1v) is 6.91. The maximum Gasteiger partial charge on any atom is 0.404 e. The number of hydrogen-bond acceptors (Lipinski definition) is 3. The van der Waals surface area contributed by atoms with E-state index in [9.17, 15) is 4.79 Å². The van der Waals surface area contributed by atoms with Gasteiger partial charge in [0.2, 0.25) is 0 Å². The minimum atomic E-state index is -0.973. The molecule has 0 fully saturated rings. The fourth-order valence-electron chi connectivity index (χ4n) is 0.327. The lowest BCUT2D eigenvalue weighted by atomic mass is 10.7. The van der Waals surface area contributed by atoms with Crippen LogP contribution in [0, 0.1) is 11.2 Å². The van der Waals surface area contributed by atoms with Gasteiger partial charge in [0, 0.05) is 12.3 Å². The molecule has 0 unspecified atom stereocenters. The van der Waals surface area contributed by atoms with Gasteiger partial charge in [0.05, 0.1) is 4.43 Å². The summed E-state index contributed by atoms with van der Waals surface area (Å²) in [6, 6.07) is 0. The second-order valence-corrected chi connectivity index (χ2v) is 4.53. The second kappa shape index (κ2) is 9.35. The molecule has 0 saturated carbocycles. The number of carboxylic acid groups (broad SMARTS) is 1. The quantitative estimate of drug-likeness (QED) is 0.274. The van der Waals surface area contributed by atoms with Gasteiger partial charge in [0.25, 0.3) is 0 Å². The Balaban J connectivity index is 3.06. The first-order valence-electron chi connectivity index (χ1n) is 3.06. The number of alkyl halides is 1. The Morgan fingerprint density at radius 3 is 3.00 bits per heavy atom. The van der Waals surface area contributed by atoms with Crippen LogP contribution in [0.15, 0.2) is 0 Å². The first-order chi connectivity index (χ1) is 5.77. The van der Waals surface area contributed by atoms with Crippen molar-refractivity contribution in [2.45, 2.75) is 0 Å². The highest BCUT2D eigenvalue weighted by Gasteiger charge is 1.92. The Hall–Kier alpha value is 0.260. The van der Waals surface area contributed by atoms with Gasteiger partial charge in [0.1, 0.15) is 0 Å². The van der Waals surface area contributed by atoms with Gasteiger partial charge in [-0.3, -0.25) is 0 Å². The van der Waals surface area contributed by atoms with E-state index in [1.165, 1.54) is 10.8 Å². The van der Waals surface area contributed by atoms with Crippen LogP contribution >= 0.6 is 44.2 Å². The molecule has 3 nitrogen and oxygen atoms in total. The molecule has 0 bridgehead atoms. The molecule has 6 heteroatoms. The van der Waals surface area contributed by atoms with E-state index in [2.05, 4.69) is 39.1 Å². The monoisotopic (exact) mass is 317 g/mol. The summed E-state index contributed by atoms with van der Waals surface area (Å²) in [6.07, 6.45) is -0.973. The van der Waals surface area contributed by atoms with Gasteiger partial charge >= 0.3 is 6.09 Å². The molecule has 0 rings (SSSR count). The highest BCUT2D eigenvalue weighted by molar-refractivity contribution is 14.1. The second-order valence-electron chi connectivity index (χ2n) is 1.55. The molecule has 0 aliphatic rings. The number of carbonyl (C=O) groups is 1. The third kappa shape index (κ3) is 10.3. The Bertz CT molecular complexity index is 190. The van der Waals surface area contributed by atoms with E-state index in [0.717, 1.165) is 10.2 Å². The van der Waals surface area contributed by atoms with Crippen LogP contribution in [0.5, 0.6) is 0 Å². The highest BCUT2D eigenvalue weighted by Crippen LogP contribution is 2.18. The van der Waals surface area contributed by atoms with E-state index in [-0.39, 0.29) is 0 Å². The number of halogens is 1. The van der Waals surface area contributed by atoms with E-state index in [1.54, 1.807) is 10.8 Å². The molecule has 0 aromatic rings. The largest absolute Gasteiger partial charge is 0.465 e. The lowest BCUT2D eigenvalue weighted by Crippen LogP contribution is -2.22. The molecule has 0 saturated heterocycles. The summed E-state index contributed by atoms with van der Waals surface area (Å²) in [4.78, 5) is 9.98. The first kappa shape index (κ1) is 12.3. The van der Waals surface area contributed by atoms with Crippen LogP contribution in [-0.2, 0) is 0 Å². The van der Waals surface area contributed by atoms with Crippen molar-refractivity contribution in [1.29, 1.82) is 0 Å². The van der Waals surface area contributed by atoms with Crippen molar-refractivity contribution in [3.05, 3.63) is 0 Å². The lowest BCUT2D eigenvalue weighted by molar-refractivity contribution is 0.195. The molecular formula is C6H8INO2S2. The molecule has 2 N–H and O–H groups in total. The molecule has 0 radical (unpaired) electrons. The molecule has 1 amide bonds. The fourth-order valence-corrected chi connectivity index (χ4v) is 2.09. The van der Waals surface area contributed by atoms with E-state index in [4.69, 9.17) is 5.11 Å². The van der Waals surface area contributed by atoms with Crippen LogP contribution in [-0.4, -0.2) is 27.9 Å². The van der Waals surface area contributed by atoms with Crippen LogP contribution in [0.4, 0.5) is 4.79 Å². The van der Waals surface area contributed by atoms with Gasteiger partial charge in [-0.25, -0.2) is 4.79 Å². The van der Waals surface area contributed by atoms with Crippen molar-refractivity contribution in [2.24, 2.45) is 0 Å². The molecule has 0 heterocycles. The zero-order valence-electron chi connectivity index (χ0n) is 6.17. The molecule has 12 heavy (non-hydrogen) atoms. The predicted octanol–water partition coefficient (Wildman–Crippen LogP) is 2.03. The van der Waals surface area contributed by atoms with Crippen molar-refractivity contribution in [3.63, 3.8) is 0 Å². The van der Waals surface area contributed by atoms with Gasteiger partial charge in [-0.1, -0.05) is 39.3 Å². The van der Waals surface area contributed by atoms with Gasteiger partial charge in [-0.2, -0.15) is 0 Å². The van der Waals surface area contributed by atoms with Crippen molar-refractivity contribution < 1.29 is 9.90 Å². The third-order valence-corrected chi connectivity index (χ3v) is 2.90. The molecule has 68 valence electrons. The van der Waals surface area contributed by atoms with E-state index < -0.39 is 6.09 Å². The van der Waals surface area contributed by atoms with Crippen molar-refractivity contribution >= 4 is 50.3 Å². The van der Waals surface area contributed by atoms with Crippen molar-refractivity contribution in [1.82, 2.24) is 5.32 Å². The molecular weight excluding hydrogens is 309 g/mol.